The molecule has 0 saturated heterocycles. The summed E-state index contributed by atoms with van der Waals surface area (Å²) in [4.78, 5) is 0. The fraction of sp³-hybridized carbons (Fsp3) is 0.273. The van der Waals surface area contributed by atoms with E-state index in [1.807, 2.05) is 24.3 Å². The van der Waals surface area contributed by atoms with Gasteiger partial charge in [0.05, 0.1) is 0 Å². The number of aryl methyl sites for hydroxylation is 2. The lowest BCUT2D eigenvalue weighted by Crippen LogP contribution is -1.93. The van der Waals surface area contributed by atoms with Gasteiger partial charge in [-0.05, 0) is 57.9 Å². The van der Waals surface area contributed by atoms with Crippen molar-refractivity contribution in [1.29, 1.82) is 0 Å². The molecule has 0 aliphatic rings. The third kappa shape index (κ3) is 8.80. The van der Waals surface area contributed by atoms with Gasteiger partial charge in [-0.25, -0.2) is 0 Å². The maximum atomic E-state index is 4.50. The zero-order valence-corrected chi connectivity index (χ0v) is 15.3. The van der Waals surface area contributed by atoms with Crippen LogP contribution in [0.25, 0.3) is 0 Å². The van der Waals surface area contributed by atoms with Crippen molar-refractivity contribution >= 4 is 0 Å². The first-order valence-corrected chi connectivity index (χ1v) is 7.97. The highest BCUT2D eigenvalue weighted by Crippen LogP contribution is 2.16. The summed E-state index contributed by atoms with van der Waals surface area (Å²) in [7, 11) is 1.50. The Morgan fingerprint density at radius 1 is 0.957 bits per heavy atom. The molecule has 1 nitrogen and oxygen atoms in total. The minimum Gasteiger partial charge on any atom is -0.333 e. The fourth-order valence-electron chi connectivity index (χ4n) is 2.10. The number of hydrogen-bond acceptors (Lipinski definition) is 1. The van der Waals surface area contributed by atoms with E-state index in [2.05, 4.69) is 76.4 Å². The number of benzene rings is 2. The highest BCUT2D eigenvalue weighted by atomic mass is 14.4. The smallest absolute Gasteiger partial charge is 0.00640 e. The van der Waals surface area contributed by atoms with Crippen molar-refractivity contribution in [2.24, 2.45) is 5.73 Å². The van der Waals surface area contributed by atoms with Crippen molar-refractivity contribution in [2.75, 3.05) is 7.05 Å². The van der Waals surface area contributed by atoms with Gasteiger partial charge in [0.1, 0.15) is 0 Å². The molecule has 2 rings (SSSR count). The van der Waals surface area contributed by atoms with Crippen molar-refractivity contribution in [3.05, 3.63) is 95.1 Å². The van der Waals surface area contributed by atoms with E-state index in [1.165, 1.54) is 34.9 Å². The highest BCUT2D eigenvalue weighted by Gasteiger charge is 2.00. The van der Waals surface area contributed by atoms with E-state index >= 15 is 0 Å². The second-order valence-corrected chi connectivity index (χ2v) is 5.44. The third-order valence-electron chi connectivity index (χ3n) is 3.53. The van der Waals surface area contributed by atoms with Crippen LogP contribution < -0.4 is 5.73 Å². The predicted molar refractivity (Wildman–Crippen MR) is 105 cm³/mol. The molecule has 23 heavy (non-hydrogen) atoms. The van der Waals surface area contributed by atoms with Crippen molar-refractivity contribution in [3.63, 3.8) is 0 Å². The monoisotopic (exact) mass is 309 g/mol. The third-order valence-corrected chi connectivity index (χ3v) is 3.53. The Bertz CT molecular complexity index is 595. The normalized spacial score (nSPS) is 9.91. The summed E-state index contributed by atoms with van der Waals surface area (Å²) in [5.74, 6) is 0. The molecule has 2 N–H and O–H groups in total. The van der Waals surface area contributed by atoms with Crippen LogP contribution >= 0.6 is 0 Å². The molecule has 0 aliphatic heterocycles. The van der Waals surface area contributed by atoms with E-state index in [1.54, 1.807) is 0 Å². The molecule has 0 bridgehead atoms. The molecule has 124 valence electrons. The summed E-state index contributed by atoms with van der Waals surface area (Å²) in [6, 6.07) is 16.7. The van der Waals surface area contributed by atoms with Gasteiger partial charge in [-0.3, -0.25) is 0 Å². The first-order valence-electron chi connectivity index (χ1n) is 7.97. The van der Waals surface area contributed by atoms with E-state index in [4.69, 9.17) is 0 Å². The number of allylic oxidation sites excluding steroid dienone is 3. The topological polar surface area (TPSA) is 26.0 Å². The average Bonchev–Trinajstić information content (AvgIpc) is 2.55. The van der Waals surface area contributed by atoms with E-state index < -0.39 is 0 Å². The van der Waals surface area contributed by atoms with Crippen LogP contribution in [0.4, 0.5) is 0 Å². The van der Waals surface area contributed by atoms with Crippen LogP contribution in [0.2, 0.25) is 0 Å². The standard InChI is InChI=1S/C14H18.C7H8.CH5N/c1-5-7-11(2)10-14-9-6-8-12(3)13(14)4;1-7-5-3-2-4-6-7;1-2/h5-9H,1,10H2,2-4H3;2-6H,1H3;2H2,1H3/b11-7+;;. The van der Waals surface area contributed by atoms with Gasteiger partial charge in [0, 0.05) is 0 Å². The minimum absolute atomic E-state index is 1.03. The van der Waals surface area contributed by atoms with Crippen molar-refractivity contribution in [3.8, 4) is 0 Å². The maximum absolute atomic E-state index is 4.50. The molecule has 1 heteroatoms. The number of rotatable bonds is 3. The highest BCUT2D eigenvalue weighted by molar-refractivity contribution is 5.35. The van der Waals surface area contributed by atoms with Crippen LogP contribution in [0, 0.1) is 20.8 Å². The van der Waals surface area contributed by atoms with Crippen LogP contribution in [0.15, 0.2) is 72.8 Å². The number of hydrogen-bond donors (Lipinski definition) is 1. The molecule has 2 aromatic rings. The molecule has 0 spiro atoms. The molecule has 0 aromatic heterocycles. The molecular formula is C22H31N. The Balaban J connectivity index is 0.000000449. The summed E-state index contributed by atoms with van der Waals surface area (Å²) < 4.78 is 0. The fourth-order valence-corrected chi connectivity index (χ4v) is 2.10. The molecule has 0 amide bonds. The van der Waals surface area contributed by atoms with Crippen molar-refractivity contribution < 1.29 is 0 Å². The second kappa shape index (κ2) is 12.4. The Morgan fingerprint density at radius 2 is 1.57 bits per heavy atom. The first-order chi connectivity index (χ1) is 11.0. The maximum Gasteiger partial charge on any atom is -0.00640 e. The van der Waals surface area contributed by atoms with E-state index in [-0.39, 0.29) is 0 Å². The second-order valence-electron chi connectivity index (χ2n) is 5.44. The van der Waals surface area contributed by atoms with E-state index in [0.717, 1.165) is 6.42 Å². The summed E-state index contributed by atoms with van der Waals surface area (Å²) >= 11 is 0. The van der Waals surface area contributed by atoms with Crippen molar-refractivity contribution in [1.82, 2.24) is 0 Å². The van der Waals surface area contributed by atoms with E-state index in [0.29, 0.717) is 0 Å². The Labute approximate surface area is 142 Å². The van der Waals surface area contributed by atoms with Gasteiger partial charge < -0.3 is 5.73 Å². The van der Waals surface area contributed by atoms with Gasteiger partial charge in [0.2, 0.25) is 0 Å². The Morgan fingerprint density at radius 3 is 2.04 bits per heavy atom. The van der Waals surface area contributed by atoms with Gasteiger partial charge in [0.15, 0.2) is 0 Å². The Kier molecular flexibility index (Phi) is 11.3. The van der Waals surface area contributed by atoms with Gasteiger partial charge in [0.25, 0.3) is 0 Å². The largest absolute Gasteiger partial charge is 0.333 e. The summed E-state index contributed by atoms with van der Waals surface area (Å²) in [6.45, 7) is 12.3. The zero-order chi connectivity index (χ0) is 17.7. The van der Waals surface area contributed by atoms with Gasteiger partial charge >= 0.3 is 0 Å². The van der Waals surface area contributed by atoms with Crippen LogP contribution in [-0.4, -0.2) is 7.05 Å². The quantitative estimate of drug-likeness (QED) is 0.739. The lowest BCUT2D eigenvalue weighted by Gasteiger charge is -2.08. The molecule has 0 fully saturated rings. The van der Waals surface area contributed by atoms with Crippen LogP contribution in [-0.2, 0) is 6.42 Å². The van der Waals surface area contributed by atoms with Crippen LogP contribution in [0.3, 0.4) is 0 Å². The predicted octanol–water partition coefficient (Wildman–Crippen LogP) is 5.55. The minimum atomic E-state index is 1.03. The van der Waals surface area contributed by atoms with Crippen molar-refractivity contribution in [2.45, 2.75) is 34.1 Å². The summed E-state index contributed by atoms with van der Waals surface area (Å²) in [5, 5.41) is 0. The van der Waals surface area contributed by atoms with Gasteiger partial charge in [-0.2, -0.15) is 0 Å². The summed E-state index contributed by atoms with van der Waals surface area (Å²) in [6.07, 6.45) is 4.95. The molecule has 0 saturated carbocycles. The lowest BCUT2D eigenvalue weighted by atomic mass is 9.98. The van der Waals surface area contributed by atoms with Gasteiger partial charge in [-0.1, -0.05) is 78.4 Å². The summed E-state index contributed by atoms with van der Waals surface area (Å²) in [5.41, 5.74) is 11.4. The number of nitrogens with two attached hydrogens (primary N) is 1. The van der Waals surface area contributed by atoms with Gasteiger partial charge in [-0.15, -0.1) is 0 Å². The first kappa shape index (κ1) is 20.9. The zero-order valence-electron chi connectivity index (χ0n) is 15.3. The lowest BCUT2D eigenvalue weighted by molar-refractivity contribution is 1.10. The molecule has 0 aliphatic carbocycles. The van der Waals surface area contributed by atoms with E-state index in [9.17, 15) is 0 Å². The molecule has 2 aromatic carbocycles. The molecule has 0 unspecified atom stereocenters. The Hall–Kier alpha value is -2.12. The average molecular weight is 309 g/mol. The molecule has 0 heterocycles. The van der Waals surface area contributed by atoms with Crippen LogP contribution in [0.1, 0.15) is 29.2 Å². The molecular weight excluding hydrogens is 278 g/mol. The SMILES string of the molecule is C=C/C=C(\C)Cc1cccc(C)c1C.CN.Cc1ccccc1. The molecule has 0 atom stereocenters. The molecule has 0 radical (unpaired) electrons. The van der Waals surface area contributed by atoms with Crippen LogP contribution in [0.5, 0.6) is 0 Å².